The zero-order valence-corrected chi connectivity index (χ0v) is 16.1. The van der Waals surface area contributed by atoms with Crippen molar-refractivity contribution in [2.24, 2.45) is 29.1 Å². The standard InChI is InChI=1S/C21H32O4/c1-6-16-7-13(3)20-9-12(2)18(23)21(20,25-5)10-15(11-22)8-17(14(16)4)19(20)24/h8-9,13-14,16-18,22-23H,6-7,10-11H2,1-5H3/t13-,14?,16?,17?,18?,20?,21?/m1/s1. The van der Waals surface area contributed by atoms with E-state index in [4.69, 9.17) is 4.74 Å². The number of methoxy groups -OCH3 is 1. The third-order valence-electron chi connectivity index (χ3n) is 7.48. The van der Waals surface area contributed by atoms with Gasteiger partial charge in [0.1, 0.15) is 11.7 Å². The van der Waals surface area contributed by atoms with Crippen LogP contribution in [0.2, 0.25) is 0 Å². The fraction of sp³-hybridized carbons (Fsp3) is 0.762. The molecule has 140 valence electrons. The van der Waals surface area contributed by atoms with Crippen molar-refractivity contribution in [2.45, 2.75) is 58.7 Å². The van der Waals surface area contributed by atoms with Crippen LogP contribution in [0.3, 0.4) is 0 Å². The van der Waals surface area contributed by atoms with Crippen LogP contribution in [0.1, 0.15) is 47.0 Å². The minimum atomic E-state index is -1.01. The predicted molar refractivity (Wildman–Crippen MR) is 96.9 cm³/mol. The number of hydrogen-bond acceptors (Lipinski definition) is 4. The molecular formula is C21H32O4. The van der Waals surface area contributed by atoms with Crippen LogP contribution < -0.4 is 0 Å². The largest absolute Gasteiger partial charge is 0.392 e. The number of hydrogen-bond donors (Lipinski definition) is 2. The monoisotopic (exact) mass is 348 g/mol. The zero-order chi connectivity index (χ0) is 18.6. The van der Waals surface area contributed by atoms with E-state index in [1.807, 2.05) is 19.1 Å². The molecule has 3 aliphatic carbocycles. The van der Waals surface area contributed by atoms with E-state index in [9.17, 15) is 15.0 Å². The summed E-state index contributed by atoms with van der Waals surface area (Å²) in [5.41, 5.74) is -0.233. The lowest BCUT2D eigenvalue weighted by atomic mass is 9.60. The molecule has 2 bridgehead atoms. The first-order valence-corrected chi connectivity index (χ1v) is 9.56. The molecular weight excluding hydrogens is 316 g/mol. The number of Topliss-reactive ketones (excluding diaryl/α,β-unsaturated/α-hetero) is 1. The predicted octanol–water partition coefficient (Wildman–Crippen LogP) is 2.89. The van der Waals surface area contributed by atoms with E-state index < -0.39 is 17.1 Å². The molecule has 4 heteroatoms. The summed E-state index contributed by atoms with van der Waals surface area (Å²) in [6, 6.07) is 0. The van der Waals surface area contributed by atoms with Crippen molar-refractivity contribution in [2.75, 3.05) is 13.7 Å². The van der Waals surface area contributed by atoms with Crippen molar-refractivity contribution in [1.82, 2.24) is 0 Å². The van der Waals surface area contributed by atoms with E-state index in [1.165, 1.54) is 0 Å². The van der Waals surface area contributed by atoms with Crippen LogP contribution in [0.25, 0.3) is 0 Å². The van der Waals surface area contributed by atoms with Crippen LogP contribution >= 0.6 is 0 Å². The minimum Gasteiger partial charge on any atom is -0.392 e. The summed E-state index contributed by atoms with van der Waals surface area (Å²) in [6.45, 7) is 8.27. The molecule has 2 N–H and O–H groups in total. The lowest BCUT2D eigenvalue weighted by Crippen LogP contribution is -2.60. The summed E-state index contributed by atoms with van der Waals surface area (Å²) in [6.07, 6.45) is 5.52. The number of carbonyl (C=O) groups excluding carboxylic acids is 1. The highest BCUT2D eigenvalue weighted by Gasteiger charge is 2.68. The van der Waals surface area contributed by atoms with Crippen LogP contribution in [0.5, 0.6) is 0 Å². The summed E-state index contributed by atoms with van der Waals surface area (Å²) in [5.74, 6) is 0.669. The van der Waals surface area contributed by atoms with Gasteiger partial charge in [0, 0.05) is 19.4 Å². The lowest BCUT2D eigenvalue weighted by Gasteiger charge is -2.48. The molecule has 25 heavy (non-hydrogen) atoms. The molecule has 1 fully saturated rings. The summed E-state index contributed by atoms with van der Waals surface area (Å²) in [7, 11) is 1.60. The molecule has 6 unspecified atom stereocenters. The Morgan fingerprint density at radius 1 is 1.36 bits per heavy atom. The molecule has 0 aromatic rings. The molecule has 3 rings (SSSR count). The maximum atomic E-state index is 13.9. The second-order valence-corrected chi connectivity index (χ2v) is 8.47. The van der Waals surface area contributed by atoms with Crippen molar-refractivity contribution < 1.29 is 19.7 Å². The van der Waals surface area contributed by atoms with E-state index in [2.05, 4.69) is 20.8 Å². The first-order chi connectivity index (χ1) is 11.8. The Hall–Kier alpha value is -0.970. The first kappa shape index (κ1) is 18.8. The number of aliphatic hydroxyl groups excluding tert-OH is 2. The van der Waals surface area contributed by atoms with Gasteiger partial charge in [-0.25, -0.2) is 0 Å². The SMILES string of the molecule is CCC1C[C@@H](C)C23C=C(C)C(O)C2(OC)CC(CO)=CC(C3=O)C1C. The molecule has 0 saturated heterocycles. The normalized spacial score (nSPS) is 46.8. The Balaban J connectivity index is 2.30. The van der Waals surface area contributed by atoms with Gasteiger partial charge in [0.15, 0.2) is 5.78 Å². The molecule has 1 spiro atoms. The average molecular weight is 348 g/mol. The van der Waals surface area contributed by atoms with E-state index in [-0.39, 0.29) is 30.1 Å². The minimum absolute atomic E-state index is 0.0795. The van der Waals surface area contributed by atoms with Gasteiger partial charge in [0.05, 0.1) is 12.0 Å². The zero-order valence-electron chi connectivity index (χ0n) is 16.1. The van der Waals surface area contributed by atoms with E-state index in [1.54, 1.807) is 7.11 Å². The smallest absolute Gasteiger partial charge is 0.153 e. The van der Waals surface area contributed by atoms with Gasteiger partial charge in [0.2, 0.25) is 0 Å². The topological polar surface area (TPSA) is 66.8 Å². The van der Waals surface area contributed by atoms with Gasteiger partial charge in [-0.05, 0) is 42.2 Å². The molecule has 7 atom stereocenters. The highest BCUT2D eigenvalue weighted by molar-refractivity contribution is 5.94. The van der Waals surface area contributed by atoms with Crippen molar-refractivity contribution in [3.05, 3.63) is 23.3 Å². The lowest BCUT2D eigenvalue weighted by molar-refractivity contribution is -0.172. The molecule has 0 aromatic heterocycles. The molecule has 3 aliphatic rings. The van der Waals surface area contributed by atoms with E-state index in [0.29, 0.717) is 12.3 Å². The van der Waals surface area contributed by atoms with Gasteiger partial charge in [-0.15, -0.1) is 0 Å². The summed E-state index contributed by atoms with van der Waals surface area (Å²) in [4.78, 5) is 13.9. The molecule has 4 nitrogen and oxygen atoms in total. The fourth-order valence-electron chi connectivity index (χ4n) is 6.02. The number of rotatable bonds is 3. The van der Waals surface area contributed by atoms with E-state index in [0.717, 1.165) is 24.0 Å². The van der Waals surface area contributed by atoms with Gasteiger partial charge in [-0.1, -0.05) is 39.3 Å². The first-order valence-electron chi connectivity index (χ1n) is 9.56. The second-order valence-electron chi connectivity index (χ2n) is 8.47. The van der Waals surface area contributed by atoms with Crippen LogP contribution in [-0.4, -0.2) is 41.4 Å². The Morgan fingerprint density at radius 3 is 2.60 bits per heavy atom. The van der Waals surface area contributed by atoms with Gasteiger partial charge < -0.3 is 14.9 Å². The van der Waals surface area contributed by atoms with Crippen molar-refractivity contribution in [3.8, 4) is 0 Å². The number of ketones is 1. The van der Waals surface area contributed by atoms with Crippen molar-refractivity contribution in [3.63, 3.8) is 0 Å². The number of fused-ring (bicyclic) bond motifs is 1. The summed E-state index contributed by atoms with van der Waals surface area (Å²) < 4.78 is 6.00. The molecule has 0 aromatic carbocycles. The van der Waals surface area contributed by atoms with Crippen molar-refractivity contribution in [1.29, 1.82) is 0 Å². The Morgan fingerprint density at radius 2 is 2.04 bits per heavy atom. The van der Waals surface area contributed by atoms with Gasteiger partial charge in [0.25, 0.3) is 0 Å². The highest BCUT2D eigenvalue weighted by Crippen LogP contribution is 2.61. The number of carbonyl (C=O) groups is 1. The van der Waals surface area contributed by atoms with Crippen LogP contribution in [0.15, 0.2) is 23.3 Å². The highest BCUT2D eigenvalue weighted by atomic mass is 16.5. The Kier molecular flexibility index (Phi) is 4.76. The molecule has 0 radical (unpaired) electrons. The Bertz CT molecular complexity index is 621. The molecule has 1 saturated carbocycles. The maximum absolute atomic E-state index is 13.9. The average Bonchev–Trinajstić information content (AvgIpc) is 2.72. The summed E-state index contributed by atoms with van der Waals surface area (Å²) in [5, 5.41) is 21.0. The van der Waals surface area contributed by atoms with Gasteiger partial charge >= 0.3 is 0 Å². The third-order valence-corrected chi connectivity index (χ3v) is 7.48. The fourth-order valence-corrected chi connectivity index (χ4v) is 6.02. The molecule has 0 heterocycles. The van der Waals surface area contributed by atoms with Gasteiger partial charge in [-0.2, -0.15) is 0 Å². The second kappa shape index (κ2) is 6.33. The third kappa shape index (κ3) is 2.27. The van der Waals surface area contributed by atoms with Gasteiger partial charge in [-0.3, -0.25) is 4.79 Å². The molecule has 0 aliphatic heterocycles. The van der Waals surface area contributed by atoms with Crippen LogP contribution in [0.4, 0.5) is 0 Å². The van der Waals surface area contributed by atoms with Crippen LogP contribution in [-0.2, 0) is 9.53 Å². The van der Waals surface area contributed by atoms with Crippen molar-refractivity contribution >= 4 is 5.78 Å². The number of allylic oxidation sites excluding steroid dienone is 1. The summed E-state index contributed by atoms with van der Waals surface area (Å²) >= 11 is 0. The Labute approximate surface area is 151 Å². The maximum Gasteiger partial charge on any atom is 0.153 e. The number of aliphatic hydroxyl groups is 2. The van der Waals surface area contributed by atoms with Crippen LogP contribution in [0, 0.1) is 29.1 Å². The van der Waals surface area contributed by atoms with E-state index >= 15 is 0 Å². The molecule has 0 amide bonds. The number of ether oxygens (including phenoxy) is 1. The quantitative estimate of drug-likeness (QED) is 0.770.